The molecular formula is C23H30N4O2. The van der Waals surface area contributed by atoms with Gasteiger partial charge in [0.15, 0.2) is 0 Å². The van der Waals surface area contributed by atoms with Crippen molar-refractivity contribution in [3.8, 4) is 0 Å². The fourth-order valence-electron chi connectivity index (χ4n) is 3.34. The first kappa shape index (κ1) is 20.9. The van der Waals surface area contributed by atoms with Crippen LogP contribution in [0.15, 0.2) is 48.5 Å². The van der Waals surface area contributed by atoms with Crippen LogP contribution in [0.4, 0.5) is 11.4 Å². The van der Waals surface area contributed by atoms with Gasteiger partial charge in [0.05, 0.1) is 0 Å². The van der Waals surface area contributed by atoms with E-state index in [0.29, 0.717) is 12.2 Å². The molecule has 154 valence electrons. The second-order valence-corrected chi connectivity index (χ2v) is 7.64. The number of rotatable bonds is 6. The van der Waals surface area contributed by atoms with Crippen LogP contribution in [-0.4, -0.2) is 56.5 Å². The lowest BCUT2D eigenvalue weighted by Crippen LogP contribution is -2.44. The molecule has 2 aromatic rings. The zero-order valence-electron chi connectivity index (χ0n) is 17.3. The van der Waals surface area contributed by atoms with Gasteiger partial charge < -0.3 is 20.4 Å². The Kier molecular flexibility index (Phi) is 7.25. The molecule has 1 saturated heterocycles. The Bertz CT molecular complexity index is 810. The average molecular weight is 395 g/mol. The van der Waals surface area contributed by atoms with Crippen molar-refractivity contribution in [3.63, 3.8) is 0 Å². The molecule has 0 aromatic heterocycles. The van der Waals surface area contributed by atoms with Gasteiger partial charge in [0, 0.05) is 44.1 Å². The van der Waals surface area contributed by atoms with Crippen molar-refractivity contribution in [1.29, 1.82) is 0 Å². The van der Waals surface area contributed by atoms with Gasteiger partial charge in [-0.15, -0.1) is 0 Å². The molecule has 3 rings (SSSR count). The molecule has 0 spiro atoms. The predicted octanol–water partition coefficient (Wildman–Crippen LogP) is 2.43. The zero-order valence-corrected chi connectivity index (χ0v) is 17.3. The Hall–Kier alpha value is -2.86. The molecule has 1 aliphatic heterocycles. The Morgan fingerprint density at radius 3 is 2.21 bits per heavy atom. The summed E-state index contributed by atoms with van der Waals surface area (Å²) in [5.41, 5.74) is 4.23. The summed E-state index contributed by atoms with van der Waals surface area (Å²) in [4.78, 5) is 28.6. The largest absolute Gasteiger partial charge is 0.369 e. The zero-order chi connectivity index (χ0) is 20.6. The molecule has 1 fully saturated rings. The van der Waals surface area contributed by atoms with Crippen LogP contribution in [0.25, 0.3) is 0 Å². The number of hydrogen-bond donors (Lipinski definition) is 2. The van der Waals surface area contributed by atoms with E-state index in [4.69, 9.17) is 0 Å². The fourth-order valence-corrected chi connectivity index (χ4v) is 3.34. The number of piperazine rings is 1. The normalized spacial score (nSPS) is 14.5. The minimum Gasteiger partial charge on any atom is -0.369 e. The van der Waals surface area contributed by atoms with E-state index in [1.54, 1.807) is 12.1 Å². The smallest absolute Gasteiger partial charge is 0.313 e. The Balaban J connectivity index is 1.37. The van der Waals surface area contributed by atoms with Crippen LogP contribution < -0.4 is 15.5 Å². The monoisotopic (exact) mass is 394 g/mol. The maximum atomic E-state index is 11.9. The molecule has 1 aliphatic rings. The predicted molar refractivity (Wildman–Crippen MR) is 117 cm³/mol. The van der Waals surface area contributed by atoms with Crippen molar-refractivity contribution in [2.75, 3.05) is 50.0 Å². The van der Waals surface area contributed by atoms with E-state index >= 15 is 0 Å². The molecule has 1 heterocycles. The molecule has 29 heavy (non-hydrogen) atoms. The van der Waals surface area contributed by atoms with E-state index in [1.807, 2.05) is 19.1 Å². The third-order valence-electron chi connectivity index (χ3n) is 5.25. The van der Waals surface area contributed by atoms with E-state index in [1.165, 1.54) is 11.3 Å². The standard InChI is InChI=1S/C23H30N4O2/c1-18-5-9-20(10-6-18)25-23(29)22(28)24-13-3-4-19-7-11-21(12-8-19)27-16-14-26(2)15-17-27/h5-12H,3-4,13-17H2,1-2H3,(H,24,28)(H,25,29). The van der Waals surface area contributed by atoms with Crippen LogP contribution in [0.3, 0.4) is 0 Å². The maximum absolute atomic E-state index is 11.9. The van der Waals surface area contributed by atoms with Gasteiger partial charge in [-0.05, 0) is 56.6 Å². The number of carbonyl (C=O) groups excluding carboxylic acids is 2. The highest BCUT2D eigenvalue weighted by Gasteiger charge is 2.14. The first-order valence-corrected chi connectivity index (χ1v) is 10.2. The van der Waals surface area contributed by atoms with E-state index < -0.39 is 11.8 Å². The van der Waals surface area contributed by atoms with Crippen molar-refractivity contribution in [1.82, 2.24) is 10.2 Å². The summed E-state index contributed by atoms with van der Waals surface area (Å²) < 4.78 is 0. The number of likely N-dealkylation sites (N-methyl/N-ethyl adjacent to an activating group) is 1. The molecule has 2 N–H and O–H groups in total. The second kappa shape index (κ2) is 10.1. The molecule has 6 nitrogen and oxygen atoms in total. The van der Waals surface area contributed by atoms with Gasteiger partial charge in [-0.3, -0.25) is 9.59 Å². The van der Waals surface area contributed by atoms with Crippen LogP contribution in [0.5, 0.6) is 0 Å². The summed E-state index contributed by atoms with van der Waals surface area (Å²) in [6.07, 6.45) is 1.65. The molecule has 0 saturated carbocycles. The Morgan fingerprint density at radius 1 is 0.897 bits per heavy atom. The third kappa shape index (κ3) is 6.32. The minimum atomic E-state index is -0.634. The van der Waals surface area contributed by atoms with Gasteiger partial charge in [-0.1, -0.05) is 29.8 Å². The summed E-state index contributed by atoms with van der Waals surface area (Å²) >= 11 is 0. The molecule has 0 bridgehead atoms. The van der Waals surface area contributed by atoms with Crippen LogP contribution in [-0.2, 0) is 16.0 Å². The van der Waals surface area contributed by atoms with Crippen LogP contribution in [0, 0.1) is 6.92 Å². The van der Waals surface area contributed by atoms with Crippen molar-refractivity contribution in [2.24, 2.45) is 0 Å². The van der Waals surface area contributed by atoms with Crippen molar-refractivity contribution < 1.29 is 9.59 Å². The van der Waals surface area contributed by atoms with Gasteiger partial charge in [-0.2, -0.15) is 0 Å². The summed E-state index contributed by atoms with van der Waals surface area (Å²) in [5.74, 6) is -1.23. The van der Waals surface area contributed by atoms with E-state index in [-0.39, 0.29) is 0 Å². The van der Waals surface area contributed by atoms with Crippen molar-refractivity contribution in [3.05, 3.63) is 59.7 Å². The molecule has 0 aliphatic carbocycles. The number of benzene rings is 2. The van der Waals surface area contributed by atoms with Gasteiger partial charge >= 0.3 is 11.8 Å². The SMILES string of the molecule is Cc1ccc(NC(=O)C(=O)NCCCc2ccc(N3CCN(C)CC3)cc2)cc1. The van der Waals surface area contributed by atoms with Crippen LogP contribution in [0.1, 0.15) is 17.5 Å². The van der Waals surface area contributed by atoms with Gasteiger partial charge in [-0.25, -0.2) is 0 Å². The quantitative estimate of drug-likeness (QED) is 0.583. The van der Waals surface area contributed by atoms with Crippen molar-refractivity contribution in [2.45, 2.75) is 19.8 Å². The number of anilines is 2. The lowest BCUT2D eigenvalue weighted by Gasteiger charge is -2.34. The maximum Gasteiger partial charge on any atom is 0.313 e. The summed E-state index contributed by atoms with van der Waals surface area (Å²) in [7, 11) is 2.16. The summed E-state index contributed by atoms with van der Waals surface area (Å²) in [6.45, 7) is 6.76. The highest BCUT2D eigenvalue weighted by molar-refractivity contribution is 6.39. The average Bonchev–Trinajstić information content (AvgIpc) is 2.74. The van der Waals surface area contributed by atoms with Gasteiger partial charge in [0.2, 0.25) is 0 Å². The van der Waals surface area contributed by atoms with Crippen LogP contribution in [0.2, 0.25) is 0 Å². The number of nitrogens with zero attached hydrogens (tertiary/aromatic N) is 2. The van der Waals surface area contributed by atoms with Crippen LogP contribution >= 0.6 is 0 Å². The number of aryl methyl sites for hydroxylation is 2. The highest BCUT2D eigenvalue weighted by atomic mass is 16.2. The molecule has 0 unspecified atom stereocenters. The van der Waals surface area contributed by atoms with Gasteiger partial charge in [0.25, 0.3) is 0 Å². The van der Waals surface area contributed by atoms with E-state index in [0.717, 1.165) is 44.6 Å². The molecule has 6 heteroatoms. The first-order chi connectivity index (χ1) is 14.0. The van der Waals surface area contributed by atoms with E-state index in [9.17, 15) is 9.59 Å². The minimum absolute atomic E-state index is 0.473. The number of carbonyl (C=O) groups is 2. The lowest BCUT2D eigenvalue weighted by atomic mass is 10.1. The second-order valence-electron chi connectivity index (χ2n) is 7.64. The lowest BCUT2D eigenvalue weighted by molar-refractivity contribution is -0.136. The highest BCUT2D eigenvalue weighted by Crippen LogP contribution is 2.17. The number of amides is 2. The van der Waals surface area contributed by atoms with Crippen molar-refractivity contribution >= 4 is 23.2 Å². The molecule has 0 radical (unpaired) electrons. The number of nitrogens with one attached hydrogen (secondary N) is 2. The molecule has 2 aromatic carbocycles. The fraction of sp³-hybridized carbons (Fsp3) is 0.391. The first-order valence-electron chi connectivity index (χ1n) is 10.2. The third-order valence-corrected chi connectivity index (χ3v) is 5.25. The molecule has 0 atom stereocenters. The molecule has 2 amide bonds. The Morgan fingerprint density at radius 2 is 1.55 bits per heavy atom. The Labute approximate surface area is 172 Å². The summed E-state index contributed by atoms with van der Waals surface area (Å²) in [6, 6.07) is 16.0. The summed E-state index contributed by atoms with van der Waals surface area (Å²) in [5, 5.41) is 5.30. The molecular weight excluding hydrogens is 364 g/mol. The van der Waals surface area contributed by atoms with E-state index in [2.05, 4.69) is 51.7 Å². The van der Waals surface area contributed by atoms with Gasteiger partial charge in [0.1, 0.15) is 0 Å². The number of hydrogen-bond acceptors (Lipinski definition) is 4. The topological polar surface area (TPSA) is 64.7 Å².